The molecule has 0 fully saturated rings. The summed E-state index contributed by atoms with van der Waals surface area (Å²) in [5, 5.41) is 7.23. The van der Waals surface area contributed by atoms with Gasteiger partial charge in [0.25, 0.3) is 0 Å². The van der Waals surface area contributed by atoms with Gasteiger partial charge in [-0.1, -0.05) is 19.0 Å². The first-order valence-electron chi connectivity index (χ1n) is 5.23. The second-order valence-corrected chi connectivity index (χ2v) is 4.90. The third-order valence-electron chi connectivity index (χ3n) is 2.99. The predicted octanol–water partition coefficient (Wildman–Crippen LogP) is 1.91. The van der Waals surface area contributed by atoms with Crippen LogP contribution in [-0.2, 0) is 19.4 Å². The molecule has 1 aliphatic rings. The normalized spacial score (nSPS) is 19.4. The van der Waals surface area contributed by atoms with Crippen molar-refractivity contribution in [2.24, 2.45) is 5.41 Å². The molecule has 1 aromatic rings. The van der Waals surface area contributed by atoms with Crippen molar-refractivity contribution in [2.45, 2.75) is 39.7 Å². The molecular weight excluding hydrogens is 176 g/mol. The van der Waals surface area contributed by atoms with E-state index in [0.717, 1.165) is 30.8 Å². The van der Waals surface area contributed by atoms with E-state index >= 15 is 0 Å². The van der Waals surface area contributed by atoms with Crippen LogP contribution in [-0.4, -0.2) is 12.2 Å². The van der Waals surface area contributed by atoms with E-state index in [0.29, 0.717) is 5.41 Å². The van der Waals surface area contributed by atoms with E-state index in [1.165, 1.54) is 12.0 Å². The molecule has 2 rings (SSSR count). The maximum Gasteiger partial charge on any atom is 0.140 e. The van der Waals surface area contributed by atoms with Crippen molar-refractivity contribution in [1.29, 1.82) is 0 Å². The van der Waals surface area contributed by atoms with Gasteiger partial charge in [-0.2, -0.15) is 0 Å². The minimum absolute atomic E-state index is 0.378. The number of rotatable bonds is 2. The largest absolute Gasteiger partial charge is 0.361 e. The van der Waals surface area contributed by atoms with Crippen molar-refractivity contribution >= 4 is 0 Å². The van der Waals surface area contributed by atoms with E-state index in [4.69, 9.17) is 4.52 Å². The van der Waals surface area contributed by atoms with Crippen molar-refractivity contribution in [2.75, 3.05) is 7.05 Å². The predicted molar refractivity (Wildman–Crippen MR) is 55.1 cm³/mol. The van der Waals surface area contributed by atoms with E-state index in [-0.39, 0.29) is 0 Å². The Balaban J connectivity index is 2.25. The van der Waals surface area contributed by atoms with Crippen LogP contribution in [0.2, 0.25) is 0 Å². The summed E-state index contributed by atoms with van der Waals surface area (Å²) in [4.78, 5) is 0. The fourth-order valence-electron chi connectivity index (χ4n) is 2.10. The van der Waals surface area contributed by atoms with Crippen molar-refractivity contribution in [3.8, 4) is 0 Å². The molecule has 1 aliphatic carbocycles. The molecule has 0 saturated carbocycles. The molecule has 3 nitrogen and oxygen atoms in total. The maximum atomic E-state index is 5.39. The molecule has 0 atom stereocenters. The first kappa shape index (κ1) is 9.71. The lowest BCUT2D eigenvalue weighted by Gasteiger charge is -2.27. The molecule has 0 bridgehead atoms. The molecule has 0 aliphatic heterocycles. The number of nitrogens with zero attached hydrogens (tertiary/aromatic N) is 1. The smallest absolute Gasteiger partial charge is 0.140 e. The van der Waals surface area contributed by atoms with E-state index in [1.54, 1.807) is 0 Å². The van der Waals surface area contributed by atoms with Crippen molar-refractivity contribution < 1.29 is 4.52 Å². The fraction of sp³-hybridized carbons (Fsp3) is 0.727. The van der Waals surface area contributed by atoms with Crippen LogP contribution in [0.25, 0.3) is 0 Å². The molecule has 0 unspecified atom stereocenters. The van der Waals surface area contributed by atoms with Crippen LogP contribution >= 0.6 is 0 Å². The Morgan fingerprint density at radius 1 is 1.50 bits per heavy atom. The summed E-state index contributed by atoms with van der Waals surface area (Å²) in [6.45, 7) is 5.39. The van der Waals surface area contributed by atoms with Gasteiger partial charge in [0.2, 0.25) is 0 Å². The molecule has 3 heteroatoms. The standard InChI is InChI=1S/C11H18N2O/c1-11(2)5-4-8-9(7-12-3)13-14-10(8)6-11/h12H,4-7H2,1-3H3. The van der Waals surface area contributed by atoms with Crippen LogP contribution in [0.3, 0.4) is 0 Å². The molecule has 0 spiro atoms. The number of aromatic nitrogens is 1. The Morgan fingerprint density at radius 2 is 2.29 bits per heavy atom. The van der Waals surface area contributed by atoms with Gasteiger partial charge in [-0.3, -0.25) is 0 Å². The number of hydrogen-bond acceptors (Lipinski definition) is 3. The highest BCUT2D eigenvalue weighted by Crippen LogP contribution is 2.35. The van der Waals surface area contributed by atoms with Gasteiger partial charge in [0, 0.05) is 18.5 Å². The fourth-order valence-corrected chi connectivity index (χ4v) is 2.10. The summed E-state index contributed by atoms with van der Waals surface area (Å²) in [6.07, 6.45) is 3.37. The Labute approximate surface area is 84.9 Å². The van der Waals surface area contributed by atoms with Gasteiger partial charge >= 0.3 is 0 Å². The van der Waals surface area contributed by atoms with E-state index < -0.39 is 0 Å². The molecule has 0 amide bonds. The molecule has 14 heavy (non-hydrogen) atoms. The minimum atomic E-state index is 0.378. The van der Waals surface area contributed by atoms with Crippen LogP contribution < -0.4 is 5.32 Å². The first-order chi connectivity index (χ1) is 6.62. The van der Waals surface area contributed by atoms with Gasteiger partial charge in [0.15, 0.2) is 0 Å². The highest BCUT2D eigenvalue weighted by Gasteiger charge is 2.30. The highest BCUT2D eigenvalue weighted by molar-refractivity contribution is 5.26. The zero-order valence-electron chi connectivity index (χ0n) is 9.18. The lowest BCUT2D eigenvalue weighted by atomic mass is 9.77. The summed E-state index contributed by atoms with van der Waals surface area (Å²) in [5.74, 6) is 1.10. The monoisotopic (exact) mass is 194 g/mol. The minimum Gasteiger partial charge on any atom is -0.361 e. The number of fused-ring (bicyclic) bond motifs is 1. The van der Waals surface area contributed by atoms with Gasteiger partial charge < -0.3 is 9.84 Å². The highest BCUT2D eigenvalue weighted by atomic mass is 16.5. The van der Waals surface area contributed by atoms with Gasteiger partial charge in [-0.05, 0) is 25.3 Å². The summed E-state index contributed by atoms with van der Waals surface area (Å²) in [6, 6.07) is 0. The van der Waals surface area contributed by atoms with Crippen LogP contribution in [0, 0.1) is 5.41 Å². The Morgan fingerprint density at radius 3 is 3.00 bits per heavy atom. The maximum absolute atomic E-state index is 5.39. The zero-order chi connectivity index (χ0) is 10.2. The second kappa shape index (κ2) is 3.39. The second-order valence-electron chi connectivity index (χ2n) is 4.90. The summed E-state index contributed by atoms with van der Waals surface area (Å²) >= 11 is 0. The Kier molecular flexibility index (Phi) is 2.35. The van der Waals surface area contributed by atoms with Crippen LogP contribution in [0.1, 0.15) is 37.3 Å². The topological polar surface area (TPSA) is 38.1 Å². The van der Waals surface area contributed by atoms with E-state index in [1.807, 2.05) is 7.05 Å². The molecule has 1 aromatic heterocycles. The molecule has 1 N–H and O–H groups in total. The third-order valence-corrected chi connectivity index (χ3v) is 2.99. The molecular formula is C11H18N2O. The van der Waals surface area contributed by atoms with Crippen LogP contribution in [0.4, 0.5) is 0 Å². The van der Waals surface area contributed by atoms with Gasteiger partial charge in [0.1, 0.15) is 11.5 Å². The zero-order valence-corrected chi connectivity index (χ0v) is 9.18. The first-order valence-corrected chi connectivity index (χ1v) is 5.23. The van der Waals surface area contributed by atoms with Crippen LogP contribution in [0.5, 0.6) is 0 Å². The molecule has 78 valence electrons. The lowest BCUT2D eigenvalue weighted by molar-refractivity contribution is 0.264. The average molecular weight is 194 g/mol. The van der Waals surface area contributed by atoms with E-state index in [9.17, 15) is 0 Å². The Hall–Kier alpha value is -0.830. The van der Waals surface area contributed by atoms with Crippen molar-refractivity contribution in [1.82, 2.24) is 10.5 Å². The third kappa shape index (κ3) is 1.69. The molecule has 1 heterocycles. The summed E-state index contributed by atoms with van der Waals surface area (Å²) in [7, 11) is 1.94. The van der Waals surface area contributed by atoms with Gasteiger partial charge in [-0.15, -0.1) is 0 Å². The van der Waals surface area contributed by atoms with Crippen LogP contribution in [0.15, 0.2) is 4.52 Å². The quantitative estimate of drug-likeness (QED) is 0.781. The summed E-state index contributed by atoms with van der Waals surface area (Å²) < 4.78 is 5.39. The Bertz CT molecular complexity index is 328. The molecule has 0 radical (unpaired) electrons. The number of hydrogen-bond donors (Lipinski definition) is 1. The van der Waals surface area contributed by atoms with Gasteiger partial charge in [0.05, 0.1) is 0 Å². The average Bonchev–Trinajstić information content (AvgIpc) is 2.47. The molecule has 0 aromatic carbocycles. The van der Waals surface area contributed by atoms with Crippen molar-refractivity contribution in [3.63, 3.8) is 0 Å². The van der Waals surface area contributed by atoms with E-state index in [2.05, 4.69) is 24.3 Å². The SMILES string of the molecule is CNCc1noc2c1CCC(C)(C)C2. The number of nitrogens with one attached hydrogen (secondary N) is 1. The van der Waals surface area contributed by atoms with Gasteiger partial charge in [-0.25, -0.2) is 0 Å². The summed E-state index contributed by atoms with van der Waals surface area (Å²) in [5.41, 5.74) is 2.82. The molecule has 0 saturated heterocycles. The van der Waals surface area contributed by atoms with Crippen molar-refractivity contribution in [3.05, 3.63) is 17.0 Å². The lowest BCUT2D eigenvalue weighted by Crippen LogP contribution is -2.22.